The Hall–Kier alpha value is -1.74. The number of carbonyl (C=O) groups excluding carboxylic acids is 2. The van der Waals surface area contributed by atoms with Gasteiger partial charge in [0, 0.05) is 31.2 Å². The average molecular weight is 495 g/mol. The molecule has 0 aliphatic carbocycles. The maximum atomic E-state index is 13.4. The molecule has 1 spiro atoms. The van der Waals surface area contributed by atoms with Crippen LogP contribution in [-0.4, -0.2) is 55.5 Å². The van der Waals surface area contributed by atoms with Crippen molar-refractivity contribution in [3.63, 3.8) is 0 Å². The molecule has 0 bridgehead atoms. The Morgan fingerprint density at radius 2 is 1.62 bits per heavy atom. The lowest BCUT2D eigenvalue weighted by atomic mass is 9.78. The van der Waals surface area contributed by atoms with Gasteiger partial charge in [0.25, 0.3) is 5.91 Å². The maximum Gasteiger partial charge on any atom is 0.263 e. The van der Waals surface area contributed by atoms with Crippen molar-refractivity contribution in [2.75, 3.05) is 26.2 Å². The zero-order chi connectivity index (χ0) is 23.3. The fraction of sp³-hybridized carbons (Fsp3) is 0.478. The van der Waals surface area contributed by atoms with Crippen LogP contribution in [0.25, 0.3) is 0 Å². The molecule has 2 fully saturated rings. The molecular formula is C23H27ClN2O4S2. The van der Waals surface area contributed by atoms with Gasteiger partial charge in [-0.15, -0.1) is 11.3 Å². The molecule has 6 nitrogen and oxygen atoms in total. The zero-order valence-corrected chi connectivity index (χ0v) is 20.9. The van der Waals surface area contributed by atoms with Crippen molar-refractivity contribution in [3.8, 4) is 0 Å². The molecule has 0 N–H and O–H groups in total. The number of benzene rings is 1. The zero-order valence-electron chi connectivity index (χ0n) is 18.5. The van der Waals surface area contributed by atoms with Crippen molar-refractivity contribution in [2.24, 2.45) is 5.41 Å². The van der Waals surface area contributed by atoms with E-state index >= 15 is 0 Å². The number of likely N-dealkylation sites (tertiary alicyclic amines) is 1. The van der Waals surface area contributed by atoms with Gasteiger partial charge in [-0.25, -0.2) is 8.42 Å². The molecule has 2 saturated heterocycles. The third kappa shape index (κ3) is 4.25. The first-order valence-electron chi connectivity index (χ1n) is 10.7. The maximum absolute atomic E-state index is 13.4. The van der Waals surface area contributed by atoms with Gasteiger partial charge in [-0.3, -0.25) is 9.59 Å². The number of hydrogen-bond acceptors (Lipinski definition) is 5. The van der Waals surface area contributed by atoms with E-state index in [4.69, 9.17) is 11.6 Å². The lowest BCUT2D eigenvalue weighted by Crippen LogP contribution is -2.44. The van der Waals surface area contributed by atoms with E-state index < -0.39 is 10.0 Å². The Morgan fingerprint density at radius 3 is 2.25 bits per heavy atom. The molecule has 1 aromatic carbocycles. The van der Waals surface area contributed by atoms with E-state index in [0.717, 1.165) is 24.8 Å². The standard InChI is InChI=1S/C23H27ClN2O4S2/c1-15-13-21(16(2)12-18(15)24)32(29,30)26-11-8-23(14-26)6-9-25(10-7-23)22(28)20-5-4-19(31-20)17(3)27/h4-5,12-13H,6-11,14H2,1-3H3. The molecule has 4 rings (SSSR count). The molecule has 32 heavy (non-hydrogen) atoms. The molecule has 2 aromatic rings. The topological polar surface area (TPSA) is 74.8 Å². The lowest BCUT2D eigenvalue weighted by molar-refractivity contribution is 0.0604. The van der Waals surface area contributed by atoms with Gasteiger partial charge in [0.05, 0.1) is 14.6 Å². The molecule has 3 heterocycles. The van der Waals surface area contributed by atoms with Crippen molar-refractivity contribution in [2.45, 2.75) is 44.9 Å². The van der Waals surface area contributed by atoms with Crippen molar-refractivity contribution in [1.29, 1.82) is 0 Å². The smallest absolute Gasteiger partial charge is 0.263 e. The Kier molecular flexibility index (Phi) is 6.26. The van der Waals surface area contributed by atoms with Crippen molar-refractivity contribution in [3.05, 3.63) is 50.2 Å². The number of halogens is 1. The van der Waals surface area contributed by atoms with Gasteiger partial charge in [0.1, 0.15) is 0 Å². The molecular weight excluding hydrogens is 468 g/mol. The first-order chi connectivity index (χ1) is 15.0. The molecule has 0 radical (unpaired) electrons. The molecule has 2 aliphatic heterocycles. The summed E-state index contributed by atoms with van der Waals surface area (Å²) in [5.74, 6) is -0.0860. The van der Waals surface area contributed by atoms with Crippen LogP contribution in [0.5, 0.6) is 0 Å². The number of aryl methyl sites for hydroxylation is 2. The highest BCUT2D eigenvalue weighted by Crippen LogP contribution is 2.43. The number of hydrogen-bond donors (Lipinski definition) is 0. The monoisotopic (exact) mass is 494 g/mol. The molecule has 172 valence electrons. The van der Waals surface area contributed by atoms with Gasteiger partial charge in [-0.2, -0.15) is 4.31 Å². The number of thiophene rings is 1. The van der Waals surface area contributed by atoms with E-state index in [9.17, 15) is 18.0 Å². The van der Waals surface area contributed by atoms with Gasteiger partial charge in [-0.05, 0) is 80.8 Å². The van der Waals surface area contributed by atoms with Crippen LogP contribution in [0.4, 0.5) is 0 Å². The first kappa shape index (κ1) is 23.4. The van der Waals surface area contributed by atoms with E-state index in [1.54, 1.807) is 35.5 Å². The second-order valence-corrected chi connectivity index (χ2v) is 12.4. The van der Waals surface area contributed by atoms with Crippen LogP contribution in [-0.2, 0) is 10.0 Å². The van der Waals surface area contributed by atoms with Crippen LogP contribution < -0.4 is 0 Å². The number of ketones is 1. The largest absolute Gasteiger partial charge is 0.338 e. The van der Waals surface area contributed by atoms with Crippen LogP contribution in [0.15, 0.2) is 29.2 Å². The average Bonchev–Trinajstić information content (AvgIpc) is 3.39. The van der Waals surface area contributed by atoms with Gasteiger partial charge >= 0.3 is 0 Å². The summed E-state index contributed by atoms with van der Waals surface area (Å²) in [6.07, 6.45) is 2.34. The highest BCUT2D eigenvalue weighted by atomic mass is 35.5. The second-order valence-electron chi connectivity index (χ2n) is 8.97. The number of sulfonamides is 1. The predicted octanol–water partition coefficient (Wildman–Crippen LogP) is 4.54. The first-order valence-corrected chi connectivity index (χ1v) is 13.3. The van der Waals surface area contributed by atoms with E-state index in [2.05, 4.69) is 0 Å². The van der Waals surface area contributed by atoms with Crippen molar-refractivity contribution >= 4 is 44.7 Å². The van der Waals surface area contributed by atoms with E-state index in [-0.39, 0.29) is 17.1 Å². The summed E-state index contributed by atoms with van der Waals surface area (Å²) in [6.45, 7) is 7.24. The summed E-state index contributed by atoms with van der Waals surface area (Å²) in [7, 11) is -3.60. The summed E-state index contributed by atoms with van der Waals surface area (Å²) in [5, 5.41) is 0.567. The molecule has 9 heteroatoms. The molecule has 1 amide bonds. The number of carbonyl (C=O) groups is 2. The Bertz CT molecular complexity index is 1180. The second kappa shape index (κ2) is 8.56. The Labute approximate surface area is 198 Å². The van der Waals surface area contributed by atoms with Crippen LogP contribution in [0.3, 0.4) is 0 Å². The highest BCUT2D eigenvalue weighted by molar-refractivity contribution is 7.89. The fourth-order valence-electron chi connectivity index (χ4n) is 4.66. The number of nitrogens with zero attached hydrogens (tertiary/aromatic N) is 2. The van der Waals surface area contributed by atoms with Gasteiger partial charge in [0.15, 0.2) is 5.78 Å². The number of rotatable bonds is 4. The summed E-state index contributed by atoms with van der Waals surface area (Å²) < 4.78 is 28.3. The van der Waals surface area contributed by atoms with Gasteiger partial charge < -0.3 is 4.90 Å². The summed E-state index contributed by atoms with van der Waals surface area (Å²) in [4.78, 5) is 27.7. The highest BCUT2D eigenvalue weighted by Gasteiger charge is 2.45. The Balaban J connectivity index is 1.44. The third-order valence-corrected chi connectivity index (χ3v) is 10.3. The summed E-state index contributed by atoms with van der Waals surface area (Å²) in [5.41, 5.74) is 1.31. The minimum atomic E-state index is -3.60. The van der Waals surface area contributed by atoms with E-state index in [1.165, 1.54) is 18.3 Å². The fourth-order valence-corrected chi connectivity index (χ4v) is 7.59. The van der Waals surface area contributed by atoms with Gasteiger partial charge in [-0.1, -0.05) is 11.6 Å². The minimum Gasteiger partial charge on any atom is -0.338 e. The van der Waals surface area contributed by atoms with E-state index in [1.807, 2.05) is 11.8 Å². The quantitative estimate of drug-likeness (QED) is 0.585. The number of amides is 1. The molecule has 2 aliphatic rings. The molecule has 1 aromatic heterocycles. The summed E-state index contributed by atoms with van der Waals surface area (Å²) in [6, 6.07) is 6.79. The number of Topliss-reactive ketones (excluding diaryl/α,β-unsaturated/α-hetero) is 1. The van der Waals surface area contributed by atoms with Crippen LogP contribution in [0, 0.1) is 19.3 Å². The van der Waals surface area contributed by atoms with Crippen molar-refractivity contribution in [1.82, 2.24) is 9.21 Å². The SMILES string of the molecule is CC(=O)c1ccc(C(=O)N2CCC3(CC2)CCN(S(=O)(=O)c2cc(C)c(Cl)cc2C)C3)s1. The van der Waals surface area contributed by atoms with Gasteiger partial charge in [0.2, 0.25) is 10.0 Å². The van der Waals surface area contributed by atoms with Crippen LogP contribution in [0.1, 0.15) is 56.7 Å². The lowest BCUT2D eigenvalue weighted by Gasteiger charge is -2.39. The van der Waals surface area contributed by atoms with Crippen LogP contribution in [0.2, 0.25) is 5.02 Å². The van der Waals surface area contributed by atoms with E-state index in [0.29, 0.717) is 51.4 Å². The molecule has 0 saturated carbocycles. The van der Waals surface area contributed by atoms with Crippen LogP contribution >= 0.6 is 22.9 Å². The number of piperidine rings is 1. The van der Waals surface area contributed by atoms with Crippen molar-refractivity contribution < 1.29 is 18.0 Å². The Morgan fingerprint density at radius 1 is 1.00 bits per heavy atom. The minimum absolute atomic E-state index is 0.0370. The summed E-state index contributed by atoms with van der Waals surface area (Å²) >= 11 is 7.39. The molecule has 0 unspecified atom stereocenters. The molecule has 0 atom stereocenters. The predicted molar refractivity (Wildman–Crippen MR) is 126 cm³/mol. The third-order valence-electron chi connectivity index (χ3n) is 6.75. The normalized spacial score (nSPS) is 18.9.